The third-order valence-corrected chi connectivity index (χ3v) is 4.01. The van der Waals surface area contributed by atoms with Crippen LogP contribution in [0.2, 0.25) is 0 Å². The summed E-state index contributed by atoms with van der Waals surface area (Å²) < 4.78 is 0. The number of anilines is 1. The first-order chi connectivity index (χ1) is 10.6. The Morgan fingerprint density at radius 3 is 2.77 bits per heavy atom. The van der Waals surface area contributed by atoms with E-state index in [-0.39, 0.29) is 5.91 Å². The lowest BCUT2D eigenvalue weighted by Crippen LogP contribution is -2.33. The predicted molar refractivity (Wildman–Crippen MR) is 83.7 cm³/mol. The van der Waals surface area contributed by atoms with Crippen molar-refractivity contribution in [3.63, 3.8) is 0 Å². The summed E-state index contributed by atoms with van der Waals surface area (Å²) >= 11 is 0. The van der Waals surface area contributed by atoms with Crippen LogP contribution in [0.25, 0.3) is 11.0 Å². The number of hydrogen-bond acceptors (Lipinski definition) is 4. The molecule has 0 spiro atoms. The van der Waals surface area contributed by atoms with Crippen LogP contribution in [0, 0.1) is 0 Å². The molecule has 2 aromatic rings. The van der Waals surface area contributed by atoms with Crippen molar-refractivity contribution in [2.24, 2.45) is 5.73 Å². The van der Waals surface area contributed by atoms with Crippen molar-refractivity contribution in [3.05, 3.63) is 23.8 Å². The number of nitrogens with zero attached hydrogens (tertiary/aromatic N) is 3. The molecule has 116 valence electrons. The van der Waals surface area contributed by atoms with Crippen molar-refractivity contribution in [3.8, 4) is 0 Å². The molecule has 3 rings (SSSR count). The number of hydrogen-bond donors (Lipinski definition) is 2. The lowest BCUT2D eigenvalue weighted by molar-refractivity contribution is -0.128. The van der Waals surface area contributed by atoms with Gasteiger partial charge in [-0.2, -0.15) is 0 Å². The van der Waals surface area contributed by atoms with Crippen molar-refractivity contribution in [2.45, 2.75) is 13.3 Å². The largest absolute Gasteiger partial charge is 0.366 e. The Morgan fingerprint density at radius 2 is 2.05 bits per heavy atom. The lowest BCUT2D eigenvalue weighted by atomic mass is 10.2. The van der Waals surface area contributed by atoms with Crippen LogP contribution in [0.5, 0.6) is 0 Å². The number of rotatable bonds is 2. The molecule has 2 amide bonds. The number of fused-ring (bicyclic) bond motifs is 1. The fourth-order valence-electron chi connectivity index (χ4n) is 2.81. The smallest absolute Gasteiger partial charge is 0.250 e. The summed E-state index contributed by atoms with van der Waals surface area (Å²) in [6, 6.07) is 5.33. The van der Waals surface area contributed by atoms with Crippen molar-refractivity contribution >= 4 is 28.8 Å². The van der Waals surface area contributed by atoms with E-state index in [0.29, 0.717) is 30.1 Å². The maximum atomic E-state index is 11.5. The summed E-state index contributed by atoms with van der Waals surface area (Å²) in [6.07, 6.45) is 0.888. The molecule has 0 atom stereocenters. The molecular formula is C15H19N5O2. The minimum atomic E-state index is -0.484. The van der Waals surface area contributed by atoms with Gasteiger partial charge in [0.05, 0.1) is 11.1 Å². The normalized spacial score (nSPS) is 15.9. The Morgan fingerprint density at radius 1 is 1.23 bits per heavy atom. The molecule has 3 N–H and O–H groups in total. The van der Waals surface area contributed by atoms with Gasteiger partial charge in [-0.1, -0.05) is 6.07 Å². The highest BCUT2D eigenvalue weighted by Gasteiger charge is 2.20. The predicted octanol–water partition coefficient (Wildman–Crippen LogP) is 0.720. The number of imidazole rings is 1. The highest BCUT2D eigenvalue weighted by atomic mass is 16.2. The first-order valence-electron chi connectivity index (χ1n) is 7.35. The average Bonchev–Trinajstić information content (AvgIpc) is 2.75. The van der Waals surface area contributed by atoms with Crippen LogP contribution in [-0.4, -0.2) is 52.9 Å². The Balaban J connectivity index is 1.89. The van der Waals surface area contributed by atoms with Crippen LogP contribution in [0.15, 0.2) is 18.2 Å². The minimum Gasteiger partial charge on any atom is -0.366 e. The molecule has 0 saturated carbocycles. The Bertz CT molecular complexity index is 724. The molecule has 7 nitrogen and oxygen atoms in total. The van der Waals surface area contributed by atoms with Gasteiger partial charge in [-0.15, -0.1) is 0 Å². The molecule has 0 bridgehead atoms. The van der Waals surface area contributed by atoms with Crippen LogP contribution in [0.4, 0.5) is 5.95 Å². The van der Waals surface area contributed by atoms with E-state index in [2.05, 4.69) is 14.9 Å². The number of nitrogens with two attached hydrogens (primary N) is 1. The highest BCUT2D eigenvalue weighted by molar-refractivity contribution is 6.04. The van der Waals surface area contributed by atoms with Gasteiger partial charge in [0.2, 0.25) is 11.9 Å². The van der Waals surface area contributed by atoms with Gasteiger partial charge in [0.1, 0.15) is 5.52 Å². The summed E-state index contributed by atoms with van der Waals surface area (Å²) in [4.78, 5) is 34.7. The van der Waals surface area contributed by atoms with Crippen molar-refractivity contribution in [1.29, 1.82) is 0 Å². The molecule has 1 aliphatic heterocycles. The molecule has 0 radical (unpaired) electrons. The van der Waals surface area contributed by atoms with E-state index in [1.165, 1.54) is 0 Å². The first-order valence-corrected chi connectivity index (χ1v) is 7.35. The molecule has 1 fully saturated rings. The summed E-state index contributed by atoms with van der Waals surface area (Å²) in [5, 5.41) is 0. The molecule has 1 aliphatic rings. The Kier molecular flexibility index (Phi) is 3.70. The second-order valence-electron chi connectivity index (χ2n) is 5.47. The molecule has 1 aromatic carbocycles. The van der Waals surface area contributed by atoms with Crippen LogP contribution in [0.3, 0.4) is 0 Å². The number of aromatic amines is 1. The Hall–Kier alpha value is -2.57. The summed E-state index contributed by atoms with van der Waals surface area (Å²) in [6.45, 7) is 4.56. The van der Waals surface area contributed by atoms with Gasteiger partial charge in [-0.3, -0.25) is 9.59 Å². The number of primary amides is 1. The lowest BCUT2D eigenvalue weighted by Gasteiger charge is -2.20. The summed E-state index contributed by atoms with van der Waals surface area (Å²) in [5.41, 5.74) is 7.20. The fourth-order valence-corrected chi connectivity index (χ4v) is 2.81. The fraction of sp³-hybridized carbons (Fsp3) is 0.400. The van der Waals surface area contributed by atoms with Crippen LogP contribution < -0.4 is 10.6 Å². The van der Waals surface area contributed by atoms with Gasteiger partial charge in [0.15, 0.2) is 0 Å². The molecule has 0 unspecified atom stereocenters. The van der Waals surface area contributed by atoms with Gasteiger partial charge in [-0.25, -0.2) is 4.98 Å². The minimum absolute atomic E-state index is 0.0995. The number of carbonyl (C=O) groups is 2. The molecule has 7 heteroatoms. The summed E-state index contributed by atoms with van der Waals surface area (Å²) in [7, 11) is 0. The number of aromatic nitrogens is 2. The van der Waals surface area contributed by atoms with Gasteiger partial charge < -0.3 is 20.5 Å². The quantitative estimate of drug-likeness (QED) is 0.854. The zero-order valence-corrected chi connectivity index (χ0v) is 12.5. The number of H-pyrrole nitrogens is 1. The number of carbonyl (C=O) groups excluding carboxylic acids is 2. The van der Waals surface area contributed by atoms with Crippen LogP contribution in [-0.2, 0) is 4.79 Å². The molecule has 22 heavy (non-hydrogen) atoms. The van der Waals surface area contributed by atoms with E-state index in [9.17, 15) is 9.59 Å². The highest BCUT2D eigenvalue weighted by Crippen LogP contribution is 2.21. The van der Waals surface area contributed by atoms with Gasteiger partial charge in [-0.05, 0) is 18.6 Å². The van der Waals surface area contributed by atoms with Crippen LogP contribution in [0.1, 0.15) is 23.7 Å². The van der Waals surface area contributed by atoms with Gasteiger partial charge in [0, 0.05) is 33.1 Å². The maximum absolute atomic E-state index is 11.5. The standard InChI is InChI=1S/C15H19N5O2/c1-10(21)19-6-3-7-20(9-8-19)15-17-12-5-2-4-11(14(16)22)13(12)18-15/h2,4-5H,3,6-9H2,1H3,(H2,16,22)(H,17,18). The summed E-state index contributed by atoms with van der Waals surface area (Å²) in [5.74, 6) is 0.332. The number of nitrogens with one attached hydrogen (secondary N) is 1. The van der Waals surface area contributed by atoms with Crippen molar-refractivity contribution < 1.29 is 9.59 Å². The first kappa shape index (κ1) is 14.4. The molecule has 1 aromatic heterocycles. The van der Waals surface area contributed by atoms with Gasteiger partial charge in [0.25, 0.3) is 5.91 Å². The van der Waals surface area contributed by atoms with Crippen LogP contribution >= 0.6 is 0 Å². The molecular weight excluding hydrogens is 282 g/mol. The second-order valence-corrected chi connectivity index (χ2v) is 5.47. The maximum Gasteiger partial charge on any atom is 0.250 e. The molecule has 2 heterocycles. The average molecular weight is 301 g/mol. The van der Waals surface area contributed by atoms with E-state index in [1.807, 2.05) is 11.0 Å². The van der Waals surface area contributed by atoms with E-state index in [0.717, 1.165) is 25.0 Å². The van der Waals surface area contributed by atoms with E-state index >= 15 is 0 Å². The van der Waals surface area contributed by atoms with Crippen molar-refractivity contribution in [2.75, 3.05) is 31.1 Å². The third kappa shape index (κ3) is 2.61. The topological polar surface area (TPSA) is 95.3 Å². The molecule has 1 saturated heterocycles. The van der Waals surface area contributed by atoms with E-state index in [4.69, 9.17) is 5.73 Å². The zero-order chi connectivity index (χ0) is 15.7. The zero-order valence-electron chi connectivity index (χ0n) is 12.5. The van der Waals surface area contributed by atoms with E-state index in [1.54, 1.807) is 19.1 Å². The number of amides is 2. The monoisotopic (exact) mass is 301 g/mol. The van der Waals surface area contributed by atoms with Crippen molar-refractivity contribution in [1.82, 2.24) is 14.9 Å². The third-order valence-electron chi connectivity index (χ3n) is 4.01. The molecule has 0 aliphatic carbocycles. The number of benzene rings is 1. The number of para-hydroxylation sites is 1. The second kappa shape index (κ2) is 5.67. The van der Waals surface area contributed by atoms with Gasteiger partial charge >= 0.3 is 0 Å². The van der Waals surface area contributed by atoms with E-state index < -0.39 is 5.91 Å². The Labute approximate surface area is 128 Å². The SMILES string of the molecule is CC(=O)N1CCCN(c2nc3c(C(N)=O)cccc3[nH]2)CC1.